The van der Waals surface area contributed by atoms with E-state index in [4.69, 9.17) is 9.47 Å². The molecule has 2 fully saturated rings. The van der Waals surface area contributed by atoms with E-state index < -0.39 is 0 Å². The van der Waals surface area contributed by atoms with Crippen molar-refractivity contribution in [2.75, 3.05) is 20.3 Å². The van der Waals surface area contributed by atoms with Gasteiger partial charge < -0.3 is 9.47 Å². The van der Waals surface area contributed by atoms with Gasteiger partial charge in [0.1, 0.15) is 5.75 Å². The molecule has 0 bridgehead atoms. The number of fused-ring (bicyclic) bond motifs is 5. The quantitative estimate of drug-likeness (QED) is 0.507. The molecule has 0 radical (unpaired) electrons. The van der Waals surface area contributed by atoms with Gasteiger partial charge in [0.2, 0.25) is 0 Å². The van der Waals surface area contributed by atoms with Gasteiger partial charge in [0.05, 0.1) is 13.2 Å². The van der Waals surface area contributed by atoms with E-state index in [0.29, 0.717) is 31.6 Å². The van der Waals surface area contributed by atoms with Crippen LogP contribution < -0.4 is 4.74 Å². The first-order chi connectivity index (χ1) is 15.0. The number of amides is 2. The van der Waals surface area contributed by atoms with Crippen LogP contribution in [-0.2, 0) is 20.7 Å². The minimum Gasteiger partial charge on any atom is -0.497 e. The average molecular weight is 424 g/mol. The SMILES string of the molecule is COc1ccc2c(c1)CCC1C2CC[C@]2(C)C(OCCCN3C(=O)C=CC3=O)CCC12. The van der Waals surface area contributed by atoms with E-state index in [0.717, 1.165) is 30.4 Å². The molecule has 166 valence electrons. The van der Waals surface area contributed by atoms with Crippen molar-refractivity contribution in [2.45, 2.75) is 63.9 Å². The fourth-order valence-corrected chi connectivity index (χ4v) is 7.01. The van der Waals surface area contributed by atoms with Crippen LogP contribution in [0.5, 0.6) is 5.75 Å². The third-order valence-corrected chi connectivity index (χ3v) is 8.59. The minimum atomic E-state index is -0.202. The number of rotatable bonds is 6. The summed E-state index contributed by atoms with van der Waals surface area (Å²) in [6.07, 6.45) is 10.9. The van der Waals surface area contributed by atoms with Crippen LogP contribution in [0.4, 0.5) is 0 Å². The summed E-state index contributed by atoms with van der Waals surface area (Å²) >= 11 is 0. The summed E-state index contributed by atoms with van der Waals surface area (Å²) in [6, 6.07) is 6.68. The molecule has 31 heavy (non-hydrogen) atoms. The molecule has 0 N–H and O–H groups in total. The minimum absolute atomic E-state index is 0.202. The van der Waals surface area contributed by atoms with Crippen LogP contribution in [0.25, 0.3) is 0 Å². The van der Waals surface area contributed by atoms with E-state index >= 15 is 0 Å². The maximum Gasteiger partial charge on any atom is 0.253 e. The molecule has 5 nitrogen and oxygen atoms in total. The van der Waals surface area contributed by atoms with Crippen LogP contribution in [0.15, 0.2) is 30.4 Å². The Balaban J connectivity index is 1.21. The molecule has 0 aromatic heterocycles. The number of hydrogen-bond donors (Lipinski definition) is 0. The van der Waals surface area contributed by atoms with Gasteiger partial charge in [0.15, 0.2) is 0 Å². The molecular formula is C26H33NO4. The first-order valence-electron chi connectivity index (χ1n) is 11.8. The Bertz CT molecular complexity index is 891. The van der Waals surface area contributed by atoms with Gasteiger partial charge in [-0.2, -0.15) is 0 Å². The van der Waals surface area contributed by atoms with E-state index in [-0.39, 0.29) is 17.2 Å². The Hall–Kier alpha value is -2.14. The number of aryl methyl sites for hydroxylation is 1. The predicted molar refractivity (Wildman–Crippen MR) is 118 cm³/mol. The van der Waals surface area contributed by atoms with Gasteiger partial charge in [0, 0.05) is 25.3 Å². The van der Waals surface area contributed by atoms with Crippen molar-refractivity contribution in [2.24, 2.45) is 17.3 Å². The van der Waals surface area contributed by atoms with Gasteiger partial charge in [-0.15, -0.1) is 0 Å². The highest BCUT2D eigenvalue weighted by molar-refractivity contribution is 6.12. The highest BCUT2D eigenvalue weighted by Gasteiger charge is 2.55. The molecular weight excluding hydrogens is 390 g/mol. The first-order valence-corrected chi connectivity index (χ1v) is 11.8. The van der Waals surface area contributed by atoms with Crippen molar-refractivity contribution >= 4 is 11.8 Å². The number of benzene rings is 1. The van der Waals surface area contributed by atoms with E-state index in [1.165, 1.54) is 48.3 Å². The summed E-state index contributed by atoms with van der Waals surface area (Å²) in [5, 5.41) is 0. The second-order valence-electron chi connectivity index (χ2n) is 9.98. The van der Waals surface area contributed by atoms with Crippen molar-refractivity contribution in [1.82, 2.24) is 4.90 Å². The molecule has 4 aliphatic rings. The van der Waals surface area contributed by atoms with Crippen LogP contribution in [-0.4, -0.2) is 43.1 Å². The van der Waals surface area contributed by atoms with Crippen LogP contribution in [0.2, 0.25) is 0 Å². The van der Waals surface area contributed by atoms with Gasteiger partial charge in [0.25, 0.3) is 11.8 Å². The molecule has 5 heteroatoms. The highest BCUT2D eigenvalue weighted by atomic mass is 16.5. The van der Waals surface area contributed by atoms with Crippen LogP contribution in [0.3, 0.4) is 0 Å². The lowest BCUT2D eigenvalue weighted by atomic mass is 9.55. The van der Waals surface area contributed by atoms with Gasteiger partial charge in [-0.25, -0.2) is 0 Å². The molecule has 4 unspecified atom stereocenters. The van der Waals surface area contributed by atoms with Crippen LogP contribution in [0, 0.1) is 17.3 Å². The summed E-state index contributed by atoms with van der Waals surface area (Å²) in [6.45, 7) is 3.51. The van der Waals surface area contributed by atoms with Gasteiger partial charge in [-0.05, 0) is 91.4 Å². The first kappa shape index (κ1) is 20.7. The van der Waals surface area contributed by atoms with Crippen molar-refractivity contribution in [3.8, 4) is 5.75 Å². The second-order valence-corrected chi connectivity index (χ2v) is 9.98. The molecule has 5 atom stereocenters. The Morgan fingerprint density at radius 3 is 2.68 bits per heavy atom. The molecule has 1 heterocycles. The fraction of sp³-hybridized carbons (Fsp3) is 0.615. The zero-order valence-corrected chi connectivity index (χ0v) is 18.6. The summed E-state index contributed by atoms with van der Waals surface area (Å²) < 4.78 is 11.8. The number of imide groups is 1. The molecule has 3 aliphatic carbocycles. The highest BCUT2D eigenvalue weighted by Crippen LogP contribution is 2.61. The number of hydrogen-bond acceptors (Lipinski definition) is 4. The Labute approximate surface area is 184 Å². The smallest absolute Gasteiger partial charge is 0.253 e. The third-order valence-electron chi connectivity index (χ3n) is 8.59. The van der Waals surface area contributed by atoms with E-state index in [9.17, 15) is 9.59 Å². The summed E-state index contributed by atoms with van der Waals surface area (Å²) in [7, 11) is 1.75. The monoisotopic (exact) mass is 423 g/mol. The summed E-state index contributed by atoms with van der Waals surface area (Å²) in [5.74, 6) is 2.71. The maximum atomic E-state index is 11.7. The zero-order valence-electron chi connectivity index (χ0n) is 18.6. The molecule has 1 aliphatic heterocycles. The number of carbonyl (C=O) groups excluding carboxylic acids is 2. The fourth-order valence-electron chi connectivity index (χ4n) is 7.01. The Kier molecular flexibility index (Phi) is 5.41. The predicted octanol–water partition coefficient (Wildman–Crippen LogP) is 4.25. The lowest BCUT2D eigenvalue weighted by molar-refractivity contribution is -0.137. The molecule has 1 aromatic carbocycles. The van der Waals surface area contributed by atoms with E-state index in [1.54, 1.807) is 12.7 Å². The molecule has 0 saturated heterocycles. The molecule has 0 spiro atoms. The topological polar surface area (TPSA) is 55.8 Å². The normalized spacial score (nSPS) is 33.9. The lowest BCUT2D eigenvalue weighted by Gasteiger charge is -2.50. The van der Waals surface area contributed by atoms with Crippen LogP contribution >= 0.6 is 0 Å². The van der Waals surface area contributed by atoms with Crippen molar-refractivity contribution in [3.05, 3.63) is 41.5 Å². The second kappa shape index (κ2) is 8.09. The molecule has 1 aromatic rings. The van der Waals surface area contributed by atoms with E-state index in [1.807, 2.05) is 0 Å². The molecule has 2 saturated carbocycles. The zero-order chi connectivity index (χ0) is 21.6. The van der Waals surface area contributed by atoms with Gasteiger partial charge >= 0.3 is 0 Å². The number of nitrogens with zero attached hydrogens (tertiary/aromatic N) is 1. The van der Waals surface area contributed by atoms with Crippen molar-refractivity contribution < 1.29 is 19.1 Å². The average Bonchev–Trinajstić information content (AvgIpc) is 3.29. The Morgan fingerprint density at radius 1 is 1.10 bits per heavy atom. The molecule has 2 amide bonds. The number of methoxy groups -OCH3 is 1. The number of carbonyl (C=O) groups is 2. The van der Waals surface area contributed by atoms with Crippen molar-refractivity contribution in [3.63, 3.8) is 0 Å². The third kappa shape index (κ3) is 3.51. The van der Waals surface area contributed by atoms with Crippen molar-refractivity contribution in [1.29, 1.82) is 0 Å². The van der Waals surface area contributed by atoms with Crippen LogP contribution in [0.1, 0.15) is 62.5 Å². The largest absolute Gasteiger partial charge is 0.497 e. The molecule has 5 rings (SSSR count). The van der Waals surface area contributed by atoms with E-state index in [2.05, 4.69) is 25.1 Å². The van der Waals surface area contributed by atoms with Gasteiger partial charge in [-0.3, -0.25) is 14.5 Å². The summed E-state index contributed by atoms with van der Waals surface area (Å²) in [5.41, 5.74) is 3.28. The number of ether oxygens (including phenoxy) is 2. The Morgan fingerprint density at radius 2 is 1.90 bits per heavy atom. The standard InChI is InChI=1S/C26H33NO4/c1-26-13-12-20-19-7-5-18(30-2)16-17(19)4-6-21(20)22(26)8-9-23(26)31-15-3-14-27-24(28)10-11-25(27)29/h5,7,10-11,16,20-23H,3-4,6,8-9,12-15H2,1-2H3/t20?,21?,22?,23?,26-/m0/s1. The maximum absolute atomic E-state index is 11.7. The lowest BCUT2D eigenvalue weighted by Crippen LogP contribution is -2.44. The van der Waals surface area contributed by atoms with Gasteiger partial charge in [-0.1, -0.05) is 13.0 Å². The summed E-state index contributed by atoms with van der Waals surface area (Å²) in [4.78, 5) is 24.7.